The quantitative estimate of drug-likeness (QED) is 0.568. The summed E-state index contributed by atoms with van der Waals surface area (Å²) >= 11 is 0. The monoisotopic (exact) mass is 361 g/mol. The van der Waals surface area contributed by atoms with Gasteiger partial charge in [0.2, 0.25) is 5.90 Å². The average molecular weight is 361 g/mol. The van der Waals surface area contributed by atoms with Crippen LogP contribution in [0.3, 0.4) is 0 Å². The van der Waals surface area contributed by atoms with Crippen molar-refractivity contribution in [2.75, 3.05) is 7.11 Å². The van der Waals surface area contributed by atoms with Gasteiger partial charge in [-0.2, -0.15) is 0 Å². The Bertz CT molecular complexity index is 929. The van der Waals surface area contributed by atoms with E-state index < -0.39 is 5.97 Å². The first-order valence-electron chi connectivity index (χ1n) is 8.81. The summed E-state index contributed by atoms with van der Waals surface area (Å²) in [4.78, 5) is 16.4. The second kappa shape index (κ2) is 7.62. The van der Waals surface area contributed by atoms with Crippen LogP contribution in [0, 0.1) is 0 Å². The number of rotatable bonds is 4. The van der Waals surface area contributed by atoms with E-state index in [1.807, 2.05) is 42.5 Å². The van der Waals surface area contributed by atoms with Crippen LogP contribution in [0.15, 0.2) is 65.3 Å². The molecule has 0 saturated carbocycles. The molecule has 0 unspecified atom stereocenters. The Balaban J connectivity index is 1.79. The Hall–Kier alpha value is -3.14. The summed E-state index contributed by atoms with van der Waals surface area (Å²) in [5, 5.41) is 0. The summed E-state index contributed by atoms with van der Waals surface area (Å²) in [5.41, 5.74) is 3.41. The smallest absolute Gasteiger partial charge is 0.363 e. The number of hydrogen-bond acceptors (Lipinski definition) is 4. The Kier molecular flexibility index (Phi) is 5.26. The molecule has 4 nitrogen and oxygen atoms in total. The molecule has 1 aliphatic rings. The zero-order valence-corrected chi connectivity index (χ0v) is 16.0. The highest BCUT2D eigenvalue weighted by atomic mass is 16.6. The first-order valence-corrected chi connectivity index (χ1v) is 8.81. The molecule has 0 atom stereocenters. The number of esters is 1. The molecule has 0 bridgehead atoms. The van der Waals surface area contributed by atoms with E-state index in [9.17, 15) is 4.79 Å². The standard InChI is InChI=1S/C23H23NO3/c1-23(2,3)18-12-9-16(10-13-18)15-19-22(25)27-21(24-19)14-11-17-7-5-6-8-20(17)26-4/h5-15H,1-4H3/b14-11+,19-15-. The van der Waals surface area contributed by atoms with E-state index in [0.29, 0.717) is 0 Å². The molecule has 27 heavy (non-hydrogen) atoms. The summed E-state index contributed by atoms with van der Waals surface area (Å²) in [5.74, 6) is 0.561. The largest absolute Gasteiger partial charge is 0.496 e. The second-order valence-electron chi connectivity index (χ2n) is 7.32. The lowest BCUT2D eigenvalue weighted by Gasteiger charge is -2.18. The maximum absolute atomic E-state index is 12.1. The zero-order chi connectivity index (χ0) is 19.4. The van der Waals surface area contributed by atoms with E-state index >= 15 is 0 Å². The normalized spacial score (nSPS) is 15.9. The van der Waals surface area contributed by atoms with Gasteiger partial charge in [0.05, 0.1) is 7.11 Å². The third-order valence-electron chi connectivity index (χ3n) is 4.26. The van der Waals surface area contributed by atoms with Crippen molar-refractivity contribution in [2.45, 2.75) is 26.2 Å². The molecule has 2 aromatic rings. The predicted octanol–water partition coefficient (Wildman–Crippen LogP) is 5.00. The topological polar surface area (TPSA) is 47.9 Å². The Labute approximate surface area is 159 Å². The minimum absolute atomic E-state index is 0.0899. The Morgan fingerprint density at radius 2 is 1.70 bits per heavy atom. The van der Waals surface area contributed by atoms with E-state index in [1.54, 1.807) is 19.3 Å². The van der Waals surface area contributed by atoms with Crippen molar-refractivity contribution < 1.29 is 14.3 Å². The molecule has 0 N–H and O–H groups in total. The first-order chi connectivity index (χ1) is 12.9. The first kappa shape index (κ1) is 18.6. The van der Waals surface area contributed by atoms with Crippen LogP contribution in [0.1, 0.15) is 37.5 Å². The highest BCUT2D eigenvalue weighted by molar-refractivity contribution is 6.11. The van der Waals surface area contributed by atoms with Crippen LogP contribution in [-0.2, 0) is 14.9 Å². The molecular weight excluding hydrogens is 338 g/mol. The van der Waals surface area contributed by atoms with Gasteiger partial charge < -0.3 is 9.47 Å². The number of methoxy groups -OCH3 is 1. The van der Waals surface area contributed by atoms with Crippen molar-refractivity contribution in [3.8, 4) is 5.75 Å². The summed E-state index contributed by atoms with van der Waals surface area (Å²) in [6.45, 7) is 6.50. The van der Waals surface area contributed by atoms with Gasteiger partial charge in [0, 0.05) is 11.6 Å². The Morgan fingerprint density at radius 1 is 1.00 bits per heavy atom. The number of carbonyl (C=O) groups excluding carboxylic acids is 1. The van der Waals surface area contributed by atoms with Gasteiger partial charge >= 0.3 is 5.97 Å². The summed E-state index contributed by atoms with van der Waals surface area (Å²) < 4.78 is 10.5. The number of cyclic esters (lactones) is 1. The summed E-state index contributed by atoms with van der Waals surface area (Å²) in [6.07, 6.45) is 5.21. The molecule has 3 rings (SSSR count). The van der Waals surface area contributed by atoms with Gasteiger partial charge in [0.15, 0.2) is 5.70 Å². The third kappa shape index (κ3) is 4.53. The lowest BCUT2D eigenvalue weighted by atomic mass is 9.87. The molecule has 4 heteroatoms. The number of nitrogens with zero attached hydrogens (tertiary/aromatic N) is 1. The molecule has 2 aromatic carbocycles. The van der Waals surface area contributed by atoms with Crippen LogP contribution in [-0.4, -0.2) is 19.0 Å². The van der Waals surface area contributed by atoms with Crippen molar-refractivity contribution in [2.24, 2.45) is 4.99 Å². The second-order valence-corrected chi connectivity index (χ2v) is 7.32. The number of ether oxygens (including phenoxy) is 2. The summed E-state index contributed by atoms with van der Waals surface area (Å²) in [6, 6.07) is 15.7. The molecule has 0 amide bonds. The van der Waals surface area contributed by atoms with Gasteiger partial charge in [-0.1, -0.05) is 63.2 Å². The zero-order valence-electron chi connectivity index (χ0n) is 16.0. The van der Waals surface area contributed by atoms with Gasteiger partial charge in [0.1, 0.15) is 5.75 Å². The van der Waals surface area contributed by atoms with Crippen LogP contribution < -0.4 is 4.74 Å². The molecule has 1 aliphatic heterocycles. The fraction of sp³-hybridized carbons (Fsp3) is 0.217. The lowest BCUT2D eigenvalue weighted by Crippen LogP contribution is -2.10. The van der Waals surface area contributed by atoms with Crippen molar-refractivity contribution in [3.63, 3.8) is 0 Å². The molecule has 0 saturated heterocycles. The molecule has 0 radical (unpaired) electrons. The number of hydrogen-bond donors (Lipinski definition) is 0. The highest BCUT2D eigenvalue weighted by Crippen LogP contribution is 2.24. The van der Waals surface area contributed by atoms with Crippen molar-refractivity contribution in [3.05, 3.63) is 77.0 Å². The van der Waals surface area contributed by atoms with Gasteiger partial charge in [-0.15, -0.1) is 0 Å². The van der Waals surface area contributed by atoms with Gasteiger partial charge in [-0.3, -0.25) is 0 Å². The molecule has 1 heterocycles. The molecule has 138 valence electrons. The van der Waals surface area contributed by atoms with Crippen LogP contribution in [0.5, 0.6) is 5.75 Å². The van der Waals surface area contributed by atoms with Gasteiger partial charge in [-0.05, 0) is 34.8 Å². The van der Waals surface area contributed by atoms with E-state index in [2.05, 4.69) is 37.9 Å². The fourth-order valence-corrected chi connectivity index (χ4v) is 2.70. The summed E-state index contributed by atoms with van der Waals surface area (Å²) in [7, 11) is 1.62. The van der Waals surface area contributed by atoms with Gasteiger partial charge in [-0.25, -0.2) is 9.79 Å². The minimum atomic E-state index is -0.449. The van der Waals surface area contributed by atoms with E-state index in [4.69, 9.17) is 9.47 Å². The van der Waals surface area contributed by atoms with Crippen molar-refractivity contribution in [1.82, 2.24) is 0 Å². The molecular formula is C23H23NO3. The number of carbonyl (C=O) groups is 1. The number of aliphatic imine (C=N–C) groups is 1. The van der Waals surface area contributed by atoms with Crippen molar-refractivity contribution >= 4 is 24.0 Å². The molecule has 0 aromatic heterocycles. The molecule has 0 spiro atoms. The number of para-hydroxylation sites is 1. The van der Waals surface area contributed by atoms with E-state index in [-0.39, 0.29) is 17.0 Å². The predicted molar refractivity (Wildman–Crippen MR) is 109 cm³/mol. The van der Waals surface area contributed by atoms with E-state index in [1.165, 1.54) is 5.56 Å². The Morgan fingerprint density at radius 3 is 2.37 bits per heavy atom. The SMILES string of the molecule is COc1ccccc1/C=C/C1=NC(=C\c2ccc(C(C)(C)C)cc2)/C(=O)O1. The maximum Gasteiger partial charge on any atom is 0.363 e. The van der Waals surface area contributed by atoms with Crippen molar-refractivity contribution in [1.29, 1.82) is 0 Å². The lowest BCUT2D eigenvalue weighted by molar-refractivity contribution is -0.129. The highest BCUT2D eigenvalue weighted by Gasteiger charge is 2.21. The van der Waals surface area contributed by atoms with Gasteiger partial charge in [0.25, 0.3) is 0 Å². The van der Waals surface area contributed by atoms with Crippen LogP contribution in [0.4, 0.5) is 0 Å². The fourth-order valence-electron chi connectivity index (χ4n) is 2.70. The molecule has 0 fully saturated rings. The van der Waals surface area contributed by atoms with E-state index in [0.717, 1.165) is 16.9 Å². The number of benzene rings is 2. The third-order valence-corrected chi connectivity index (χ3v) is 4.26. The van der Waals surface area contributed by atoms with Crippen LogP contribution in [0.25, 0.3) is 12.2 Å². The average Bonchev–Trinajstić information content (AvgIpc) is 2.99. The van der Waals surface area contributed by atoms with Crippen LogP contribution >= 0.6 is 0 Å². The molecule has 0 aliphatic carbocycles. The van der Waals surface area contributed by atoms with Crippen LogP contribution in [0.2, 0.25) is 0 Å². The maximum atomic E-state index is 12.1. The minimum Gasteiger partial charge on any atom is -0.496 e.